The molecule has 0 radical (unpaired) electrons. The van der Waals surface area contributed by atoms with Crippen LogP contribution in [0.5, 0.6) is 11.5 Å². The number of esters is 1. The van der Waals surface area contributed by atoms with Crippen LogP contribution < -0.4 is 14.8 Å². The van der Waals surface area contributed by atoms with Crippen LogP contribution in [0, 0.1) is 5.92 Å². The van der Waals surface area contributed by atoms with Crippen molar-refractivity contribution in [1.82, 2.24) is 4.90 Å². The number of amides is 1. The predicted molar refractivity (Wildman–Crippen MR) is 125 cm³/mol. The highest BCUT2D eigenvalue weighted by atomic mass is 32.1. The molecule has 0 fully saturated rings. The predicted octanol–water partition coefficient (Wildman–Crippen LogP) is 3.16. The van der Waals surface area contributed by atoms with Crippen LogP contribution in [0.4, 0.5) is 5.00 Å². The van der Waals surface area contributed by atoms with Crippen molar-refractivity contribution in [3.8, 4) is 11.5 Å². The first-order valence-corrected chi connectivity index (χ1v) is 11.8. The number of hydrogen-bond acceptors (Lipinski definition) is 8. The molecular formula is C24H30N2O6S. The van der Waals surface area contributed by atoms with E-state index in [2.05, 4.69) is 12.2 Å². The van der Waals surface area contributed by atoms with Crippen LogP contribution in [0.2, 0.25) is 0 Å². The van der Waals surface area contributed by atoms with Crippen LogP contribution in [0.25, 0.3) is 0 Å². The summed E-state index contributed by atoms with van der Waals surface area (Å²) in [5.74, 6) is 1.12. The number of carbonyl (C=O) groups is 2. The summed E-state index contributed by atoms with van der Waals surface area (Å²) >= 11 is 1.46. The number of anilines is 1. The maximum atomic E-state index is 13.0. The van der Waals surface area contributed by atoms with Gasteiger partial charge in [0.15, 0.2) is 0 Å². The third-order valence-electron chi connectivity index (χ3n) is 6.38. The van der Waals surface area contributed by atoms with E-state index < -0.39 is 12.1 Å². The van der Waals surface area contributed by atoms with Crippen LogP contribution in [-0.2, 0) is 28.9 Å². The van der Waals surface area contributed by atoms with Gasteiger partial charge < -0.3 is 24.6 Å². The Bertz CT molecular complexity index is 1070. The number of nitrogens with one attached hydrogen (secondary N) is 1. The van der Waals surface area contributed by atoms with Crippen molar-refractivity contribution >= 4 is 28.2 Å². The van der Waals surface area contributed by atoms with E-state index in [1.165, 1.54) is 18.4 Å². The molecule has 2 aliphatic rings. The van der Waals surface area contributed by atoms with E-state index in [1.54, 1.807) is 26.4 Å². The molecule has 1 aliphatic carbocycles. The Labute approximate surface area is 197 Å². The molecule has 4 rings (SSSR count). The van der Waals surface area contributed by atoms with Gasteiger partial charge in [-0.1, -0.05) is 6.92 Å². The van der Waals surface area contributed by atoms with Gasteiger partial charge in [0.25, 0.3) is 0 Å². The second-order valence-corrected chi connectivity index (χ2v) is 9.75. The molecule has 2 atom stereocenters. The van der Waals surface area contributed by atoms with Crippen LogP contribution in [0.3, 0.4) is 0 Å². The third kappa shape index (κ3) is 4.58. The first kappa shape index (κ1) is 23.5. The summed E-state index contributed by atoms with van der Waals surface area (Å²) in [6.45, 7) is 2.98. The van der Waals surface area contributed by atoms with Crippen molar-refractivity contribution in [1.29, 1.82) is 0 Å². The SMILES string of the molecule is COC(=O)c1c(NC(=O)CN2Cc3c(OC)ccc(OC)c3[C@H](O)C2)sc2c1CC[C@@H](C)C2. The van der Waals surface area contributed by atoms with Crippen molar-refractivity contribution in [3.05, 3.63) is 39.3 Å². The number of rotatable bonds is 6. The van der Waals surface area contributed by atoms with E-state index >= 15 is 0 Å². The molecule has 1 aromatic carbocycles. The highest BCUT2D eigenvalue weighted by Gasteiger charge is 2.32. The number of fused-ring (bicyclic) bond motifs is 2. The zero-order chi connectivity index (χ0) is 23.7. The van der Waals surface area contributed by atoms with Gasteiger partial charge in [-0.3, -0.25) is 9.69 Å². The molecule has 0 unspecified atom stereocenters. The van der Waals surface area contributed by atoms with Gasteiger partial charge >= 0.3 is 5.97 Å². The zero-order valence-electron chi connectivity index (χ0n) is 19.4. The second kappa shape index (κ2) is 9.70. The van der Waals surface area contributed by atoms with E-state index in [0.717, 1.165) is 35.3 Å². The molecule has 0 spiro atoms. The summed E-state index contributed by atoms with van der Waals surface area (Å²) in [7, 11) is 4.50. The minimum atomic E-state index is -0.812. The summed E-state index contributed by atoms with van der Waals surface area (Å²) in [5.41, 5.74) is 2.98. The molecule has 0 bridgehead atoms. The van der Waals surface area contributed by atoms with Crippen molar-refractivity contribution in [3.63, 3.8) is 0 Å². The number of thiophene rings is 1. The smallest absolute Gasteiger partial charge is 0.341 e. The summed E-state index contributed by atoms with van der Waals surface area (Å²) in [4.78, 5) is 28.5. The fourth-order valence-electron chi connectivity index (χ4n) is 4.79. The van der Waals surface area contributed by atoms with Crippen LogP contribution in [-0.4, -0.2) is 56.3 Å². The molecule has 178 valence electrons. The number of aliphatic hydroxyl groups excluding tert-OH is 1. The number of β-amino-alcohol motifs (C(OH)–C–C–N with tert-alkyl or cyclic N) is 1. The number of carbonyl (C=O) groups excluding carboxylic acids is 2. The first-order chi connectivity index (χ1) is 15.9. The largest absolute Gasteiger partial charge is 0.496 e. The lowest BCUT2D eigenvalue weighted by atomic mass is 9.88. The van der Waals surface area contributed by atoms with E-state index in [4.69, 9.17) is 14.2 Å². The Balaban J connectivity index is 1.53. The standard InChI is InChI=1S/C24H30N2O6S/c1-13-5-6-14-19(9-13)33-23(22(14)24(29)32-4)25-20(28)12-26-10-15-17(30-2)7-8-18(31-3)21(15)16(27)11-26/h7-8,13,16,27H,5-6,9-12H2,1-4H3,(H,25,28)/t13-,16-/m1/s1. The van der Waals surface area contributed by atoms with Crippen molar-refractivity contribution < 1.29 is 28.9 Å². The lowest BCUT2D eigenvalue weighted by Gasteiger charge is -2.33. The Kier molecular flexibility index (Phi) is 6.92. The average molecular weight is 475 g/mol. The lowest BCUT2D eigenvalue weighted by molar-refractivity contribution is -0.117. The first-order valence-electron chi connectivity index (χ1n) is 11.0. The minimum Gasteiger partial charge on any atom is -0.496 e. The van der Waals surface area contributed by atoms with Crippen molar-refractivity contribution in [2.24, 2.45) is 5.92 Å². The molecule has 2 aromatic rings. The Hall–Kier alpha value is -2.62. The summed E-state index contributed by atoms with van der Waals surface area (Å²) in [5, 5.41) is 14.3. The fourth-order valence-corrected chi connectivity index (χ4v) is 6.21. The Morgan fingerprint density at radius 1 is 1.18 bits per heavy atom. The van der Waals surface area contributed by atoms with Gasteiger partial charge in [0.05, 0.1) is 39.5 Å². The van der Waals surface area contributed by atoms with Gasteiger partial charge in [0, 0.05) is 29.1 Å². The van der Waals surface area contributed by atoms with E-state index in [-0.39, 0.29) is 19.0 Å². The molecule has 0 saturated heterocycles. The summed E-state index contributed by atoms with van der Waals surface area (Å²) < 4.78 is 15.9. The number of aliphatic hydroxyl groups is 1. The fraction of sp³-hybridized carbons (Fsp3) is 0.500. The number of nitrogens with zero attached hydrogens (tertiary/aromatic N) is 1. The molecule has 1 amide bonds. The number of methoxy groups -OCH3 is 3. The Morgan fingerprint density at radius 3 is 2.61 bits per heavy atom. The Morgan fingerprint density at radius 2 is 1.91 bits per heavy atom. The maximum absolute atomic E-state index is 13.0. The molecule has 33 heavy (non-hydrogen) atoms. The molecule has 1 aromatic heterocycles. The summed E-state index contributed by atoms with van der Waals surface area (Å²) in [6.07, 6.45) is 1.91. The maximum Gasteiger partial charge on any atom is 0.341 e. The highest BCUT2D eigenvalue weighted by molar-refractivity contribution is 7.17. The lowest BCUT2D eigenvalue weighted by Crippen LogP contribution is -2.39. The quantitative estimate of drug-likeness (QED) is 0.621. The molecule has 1 aliphatic heterocycles. The van der Waals surface area contributed by atoms with Gasteiger partial charge in [0.1, 0.15) is 16.5 Å². The number of ether oxygens (including phenoxy) is 3. The number of benzene rings is 1. The molecular weight excluding hydrogens is 444 g/mol. The summed E-state index contributed by atoms with van der Waals surface area (Å²) in [6, 6.07) is 3.57. The monoisotopic (exact) mass is 474 g/mol. The van der Waals surface area contributed by atoms with Crippen LogP contribution >= 0.6 is 11.3 Å². The molecule has 2 N–H and O–H groups in total. The van der Waals surface area contributed by atoms with Gasteiger partial charge in [-0.2, -0.15) is 0 Å². The highest BCUT2D eigenvalue weighted by Crippen LogP contribution is 2.41. The average Bonchev–Trinajstić information content (AvgIpc) is 3.14. The molecule has 8 nitrogen and oxygen atoms in total. The van der Waals surface area contributed by atoms with Crippen molar-refractivity contribution in [2.75, 3.05) is 39.7 Å². The molecule has 0 saturated carbocycles. The van der Waals surface area contributed by atoms with Gasteiger partial charge in [-0.15, -0.1) is 11.3 Å². The third-order valence-corrected chi connectivity index (χ3v) is 7.55. The normalized spacial score (nSPS) is 19.9. The van der Waals surface area contributed by atoms with E-state index in [1.807, 2.05) is 4.90 Å². The molecule has 2 heterocycles. The van der Waals surface area contributed by atoms with E-state index in [0.29, 0.717) is 40.1 Å². The second-order valence-electron chi connectivity index (χ2n) is 8.64. The zero-order valence-corrected chi connectivity index (χ0v) is 20.2. The van der Waals surface area contributed by atoms with Gasteiger partial charge in [-0.25, -0.2) is 4.79 Å². The van der Waals surface area contributed by atoms with E-state index in [9.17, 15) is 14.7 Å². The number of hydrogen-bond donors (Lipinski definition) is 2. The molecule has 9 heteroatoms. The van der Waals surface area contributed by atoms with Crippen LogP contribution in [0.1, 0.15) is 51.4 Å². The van der Waals surface area contributed by atoms with Gasteiger partial charge in [0.2, 0.25) is 5.91 Å². The topological polar surface area (TPSA) is 97.3 Å². The van der Waals surface area contributed by atoms with Gasteiger partial charge in [-0.05, 0) is 42.9 Å². The van der Waals surface area contributed by atoms with Crippen LogP contribution in [0.15, 0.2) is 12.1 Å². The van der Waals surface area contributed by atoms with Crippen molar-refractivity contribution in [2.45, 2.75) is 38.8 Å². The minimum absolute atomic E-state index is 0.0659.